The maximum Gasteiger partial charge on any atom is 0.290 e. The zero-order valence-electron chi connectivity index (χ0n) is 23.1. The molecule has 0 amide bonds. The number of anilines is 1. The van der Waals surface area contributed by atoms with Crippen LogP contribution in [0.3, 0.4) is 0 Å². The number of rotatable bonds is 8. The minimum atomic E-state index is -0.341. The Morgan fingerprint density at radius 1 is 1.18 bits per heavy atom. The first-order valence-electron chi connectivity index (χ1n) is 13.2. The molecule has 2 aliphatic rings. The third-order valence-electron chi connectivity index (χ3n) is 7.39. The summed E-state index contributed by atoms with van der Waals surface area (Å²) in [6, 6.07) is 8.51. The molecular weight excluding hydrogens is 498 g/mol. The zero-order chi connectivity index (χ0) is 28.1. The van der Waals surface area contributed by atoms with Crippen LogP contribution in [-0.4, -0.2) is 79.7 Å². The standard InChI is InChI=1S/C28H35N5O3.CH2O2/c1-5-18(16-34)20-13-26-27-19(14-33(26)28(35)23(20)17-36-4)12-21-22(15-31(2)3)25(7-6-24(21)30-27)32-10-8-29-9-11-32;2-1-3/h6-7,12-13,16,18,29H,5,8-11,14-15,17H2,1-4H3;1H,(H,2,3). The Morgan fingerprint density at radius 3 is 2.51 bits per heavy atom. The number of aromatic nitrogens is 2. The molecule has 0 radical (unpaired) electrons. The van der Waals surface area contributed by atoms with Crippen LogP contribution in [0.15, 0.2) is 29.1 Å². The largest absolute Gasteiger partial charge is 0.483 e. The molecule has 0 spiro atoms. The first kappa shape index (κ1) is 28.4. The first-order valence-corrected chi connectivity index (χ1v) is 13.2. The van der Waals surface area contributed by atoms with Crippen molar-refractivity contribution in [3.05, 3.63) is 56.9 Å². The van der Waals surface area contributed by atoms with Crippen LogP contribution in [0.4, 0.5) is 5.69 Å². The number of piperazine rings is 1. The number of nitrogens with zero attached hydrogens (tertiary/aromatic N) is 4. The highest BCUT2D eigenvalue weighted by Crippen LogP contribution is 2.37. The van der Waals surface area contributed by atoms with Crippen LogP contribution >= 0.6 is 0 Å². The SMILES string of the molecule is CCC(C=O)c1cc2n(c(=O)c1COC)Cc1cc3c(CN(C)C)c(N4CCNCC4)ccc3nc1-2.O=CO. The molecule has 1 atom stereocenters. The first-order chi connectivity index (χ1) is 18.9. The summed E-state index contributed by atoms with van der Waals surface area (Å²) >= 11 is 0. The van der Waals surface area contributed by atoms with Crippen molar-refractivity contribution in [2.24, 2.45) is 0 Å². The van der Waals surface area contributed by atoms with Crippen LogP contribution < -0.4 is 15.8 Å². The monoisotopic (exact) mass is 535 g/mol. The van der Waals surface area contributed by atoms with Crippen molar-refractivity contribution in [3.63, 3.8) is 0 Å². The molecule has 2 aromatic heterocycles. The fourth-order valence-electron chi connectivity index (χ4n) is 5.60. The number of fused-ring (bicyclic) bond motifs is 4. The van der Waals surface area contributed by atoms with Gasteiger partial charge in [-0.05, 0) is 55.9 Å². The Kier molecular flexibility index (Phi) is 9.11. The lowest BCUT2D eigenvalue weighted by atomic mass is 9.93. The van der Waals surface area contributed by atoms with Crippen LogP contribution in [-0.2, 0) is 34.0 Å². The van der Waals surface area contributed by atoms with Gasteiger partial charge in [-0.3, -0.25) is 9.59 Å². The molecule has 208 valence electrons. The normalized spacial score (nSPS) is 14.9. The van der Waals surface area contributed by atoms with E-state index in [0.29, 0.717) is 18.5 Å². The fraction of sp³-hybridized carbons (Fsp3) is 0.448. The maximum absolute atomic E-state index is 13.6. The Labute approximate surface area is 228 Å². The molecule has 2 N–H and O–H groups in total. The smallest absolute Gasteiger partial charge is 0.290 e. The number of nitrogens with one attached hydrogen (secondary N) is 1. The number of methoxy groups -OCH3 is 1. The summed E-state index contributed by atoms with van der Waals surface area (Å²) in [5.74, 6) is -0.341. The number of hydrogen-bond acceptors (Lipinski definition) is 8. The van der Waals surface area contributed by atoms with E-state index in [0.717, 1.165) is 72.4 Å². The van der Waals surface area contributed by atoms with Gasteiger partial charge in [-0.25, -0.2) is 4.98 Å². The van der Waals surface area contributed by atoms with Crippen LogP contribution in [0.1, 0.15) is 41.5 Å². The van der Waals surface area contributed by atoms with Gasteiger partial charge in [-0.2, -0.15) is 0 Å². The number of hydrogen-bond donors (Lipinski definition) is 2. The topological polar surface area (TPSA) is 117 Å². The molecule has 2 aliphatic heterocycles. The van der Waals surface area contributed by atoms with Crippen molar-refractivity contribution in [2.45, 2.75) is 39.0 Å². The molecule has 1 saturated heterocycles. The second-order valence-electron chi connectivity index (χ2n) is 10.1. The molecule has 3 aromatic rings. The van der Waals surface area contributed by atoms with E-state index < -0.39 is 0 Å². The summed E-state index contributed by atoms with van der Waals surface area (Å²) in [4.78, 5) is 43.5. The van der Waals surface area contributed by atoms with Gasteiger partial charge in [0.2, 0.25) is 0 Å². The lowest BCUT2D eigenvalue weighted by Crippen LogP contribution is -2.44. The van der Waals surface area contributed by atoms with Crippen LogP contribution in [0, 0.1) is 0 Å². The van der Waals surface area contributed by atoms with Crippen LogP contribution in [0.25, 0.3) is 22.3 Å². The van der Waals surface area contributed by atoms with Gasteiger partial charge in [-0.1, -0.05) is 6.92 Å². The summed E-state index contributed by atoms with van der Waals surface area (Å²) in [5.41, 5.74) is 7.33. The minimum absolute atomic E-state index is 0.0956. The molecule has 5 rings (SSSR count). The molecule has 1 fully saturated rings. The summed E-state index contributed by atoms with van der Waals surface area (Å²) in [6.45, 7) is 7.09. The number of aldehydes is 1. The van der Waals surface area contributed by atoms with Crippen molar-refractivity contribution >= 4 is 29.3 Å². The summed E-state index contributed by atoms with van der Waals surface area (Å²) < 4.78 is 7.14. The van der Waals surface area contributed by atoms with Gasteiger partial charge < -0.3 is 34.3 Å². The van der Waals surface area contributed by atoms with Gasteiger partial charge in [0.1, 0.15) is 6.29 Å². The van der Waals surface area contributed by atoms with Crippen molar-refractivity contribution in [2.75, 3.05) is 52.3 Å². The Bertz CT molecular complexity index is 1410. The molecule has 10 heteroatoms. The highest BCUT2D eigenvalue weighted by molar-refractivity contribution is 5.91. The van der Waals surface area contributed by atoms with Crippen molar-refractivity contribution < 1.29 is 19.4 Å². The summed E-state index contributed by atoms with van der Waals surface area (Å²) in [5, 5.41) is 11.5. The zero-order valence-corrected chi connectivity index (χ0v) is 23.1. The van der Waals surface area contributed by atoms with Crippen LogP contribution in [0.2, 0.25) is 0 Å². The lowest BCUT2D eigenvalue weighted by Gasteiger charge is -2.32. The fourth-order valence-corrected chi connectivity index (χ4v) is 5.60. The molecular formula is C29H37N5O5. The van der Waals surface area contributed by atoms with Gasteiger partial charge >= 0.3 is 0 Å². The molecule has 1 aromatic carbocycles. The highest BCUT2D eigenvalue weighted by atomic mass is 16.5. The summed E-state index contributed by atoms with van der Waals surface area (Å²) in [7, 11) is 5.76. The van der Waals surface area contributed by atoms with Crippen LogP contribution in [0.5, 0.6) is 0 Å². The molecule has 0 bridgehead atoms. The minimum Gasteiger partial charge on any atom is -0.483 e. The second-order valence-corrected chi connectivity index (χ2v) is 10.1. The third kappa shape index (κ3) is 5.59. The van der Waals surface area contributed by atoms with Gasteiger partial charge in [0.15, 0.2) is 0 Å². The molecule has 0 saturated carbocycles. The number of carbonyl (C=O) groups is 2. The number of carbonyl (C=O) groups excluding carboxylic acids is 1. The van der Waals surface area contributed by atoms with E-state index in [1.54, 1.807) is 11.7 Å². The van der Waals surface area contributed by atoms with Crippen molar-refractivity contribution in [3.8, 4) is 11.4 Å². The van der Waals surface area contributed by atoms with E-state index in [2.05, 4.69) is 47.4 Å². The molecule has 1 unspecified atom stereocenters. The number of benzene rings is 1. The molecule has 0 aliphatic carbocycles. The van der Waals surface area contributed by atoms with Gasteiger partial charge in [0, 0.05) is 68.0 Å². The average Bonchev–Trinajstić information content (AvgIpc) is 3.29. The third-order valence-corrected chi connectivity index (χ3v) is 7.39. The average molecular weight is 536 g/mol. The van der Waals surface area contributed by atoms with Crippen molar-refractivity contribution in [1.29, 1.82) is 0 Å². The molecule has 10 nitrogen and oxygen atoms in total. The Morgan fingerprint density at radius 2 is 1.90 bits per heavy atom. The van der Waals surface area contributed by atoms with E-state index in [1.165, 1.54) is 11.3 Å². The van der Waals surface area contributed by atoms with E-state index in [-0.39, 0.29) is 24.6 Å². The predicted octanol–water partition coefficient (Wildman–Crippen LogP) is 2.44. The number of carboxylic acid groups (broad SMARTS) is 1. The Hall–Kier alpha value is -3.60. The quantitative estimate of drug-likeness (QED) is 0.328. The lowest BCUT2D eigenvalue weighted by molar-refractivity contribution is -0.122. The Balaban J connectivity index is 0.00000112. The van der Waals surface area contributed by atoms with E-state index in [4.69, 9.17) is 19.6 Å². The van der Waals surface area contributed by atoms with E-state index in [9.17, 15) is 9.59 Å². The van der Waals surface area contributed by atoms with Gasteiger partial charge in [-0.15, -0.1) is 0 Å². The molecule has 4 heterocycles. The number of pyridine rings is 2. The van der Waals surface area contributed by atoms with Gasteiger partial charge in [0.25, 0.3) is 12.0 Å². The van der Waals surface area contributed by atoms with Crippen molar-refractivity contribution in [1.82, 2.24) is 19.8 Å². The van der Waals surface area contributed by atoms with E-state index >= 15 is 0 Å². The maximum atomic E-state index is 13.6. The van der Waals surface area contributed by atoms with Gasteiger partial charge in [0.05, 0.1) is 30.1 Å². The van der Waals surface area contributed by atoms with E-state index in [1.807, 2.05) is 13.0 Å². The molecule has 39 heavy (non-hydrogen) atoms. The highest BCUT2D eigenvalue weighted by Gasteiger charge is 2.28. The summed E-state index contributed by atoms with van der Waals surface area (Å²) in [6.07, 6.45) is 1.56. The predicted molar refractivity (Wildman–Crippen MR) is 152 cm³/mol. The number of ether oxygens (including phenoxy) is 1. The second kappa shape index (κ2) is 12.5.